The Kier molecular flexibility index (Phi) is 4.88. The Balaban J connectivity index is 2.23. The van der Waals surface area contributed by atoms with Gasteiger partial charge in [-0.2, -0.15) is 4.31 Å². The van der Waals surface area contributed by atoms with Crippen molar-refractivity contribution in [3.8, 4) is 0 Å². The fourth-order valence-electron chi connectivity index (χ4n) is 2.90. The van der Waals surface area contributed by atoms with E-state index in [1.54, 1.807) is 28.2 Å². The van der Waals surface area contributed by atoms with Crippen LogP contribution in [0.4, 0.5) is 0 Å². The molecule has 0 saturated heterocycles. The molecule has 0 radical (unpaired) electrons. The smallest absolute Gasteiger partial charge is 0.244 e. The zero-order valence-corrected chi connectivity index (χ0v) is 13.2. The fraction of sp³-hybridized carbons (Fsp3) is 0.714. The molecule has 0 aliphatic heterocycles. The minimum atomic E-state index is -3.41. The first-order valence-corrected chi connectivity index (χ1v) is 8.74. The van der Waals surface area contributed by atoms with E-state index in [1.807, 2.05) is 7.05 Å². The highest BCUT2D eigenvalue weighted by molar-refractivity contribution is 7.89. The van der Waals surface area contributed by atoms with E-state index < -0.39 is 10.0 Å². The summed E-state index contributed by atoms with van der Waals surface area (Å²) >= 11 is 0. The summed E-state index contributed by atoms with van der Waals surface area (Å²) in [6, 6.07) is 1.81. The number of sulfonamides is 1. The van der Waals surface area contributed by atoms with Gasteiger partial charge in [-0.05, 0) is 18.9 Å². The first-order chi connectivity index (χ1) is 9.46. The summed E-state index contributed by atoms with van der Waals surface area (Å²) in [5.41, 5.74) is 6.45. The summed E-state index contributed by atoms with van der Waals surface area (Å²) < 4.78 is 28.7. The number of rotatable bonds is 4. The predicted octanol–water partition coefficient (Wildman–Crippen LogP) is 1.83. The summed E-state index contributed by atoms with van der Waals surface area (Å²) in [6.45, 7) is 0.346. The molecule has 0 bridgehead atoms. The van der Waals surface area contributed by atoms with Crippen molar-refractivity contribution in [3.63, 3.8) is 0 Å². The third kappa shape index (κ3) is 3.07. The average Bonchev–Trinajstić information content (AvgIpc) is 2.65. The second kappa shape index (κ2) is 6.28. The van der Waals surface area contributed by atoms with E-state index in [9.17, 15) is 8.42 Å². The quantitative estimate of drug-likeness (QED) is 0.862. The molecule has 0 unspecified atom stereocenters. The molecule has 1 aliphatic rings. The van der Waals surface area contributed by atoms with Gasteiger partial charge < -0.3 is 10.3 Å². The lowest BCUT2D eigenvalue weighted by molar-refractivity contribution is 0.335. The molecular formula is C14H25N3O2S. The van der Waals surface area contributed by atoms with Gasteiger partial charge in [0.05, 0.1) is 0 Å². The van der Waals surface area contributed by atoms with Crippen molar-refractivity contribution >= 4 is 10.0 Å². The van der Waals surface area contributed by atoms with Crippen molar-refractivity contribution in [2.75, 3.05) is 7.05 Å². The largest absolute Gasteiger partial charge is 0.352 e. The van der Waals surface area contributed by atoms with Crippen molar-refractivity contribution < 1.29 is 8.42 Å². The van der Waals surface area contributed by atoms with Crippen LogP contribution >= 0.6 is 0 Å². The second-order valence-corrected chi connectivity index (χ2v) is 7.65. The van der Waals surface area contributed by atoms with Crippen LogP contribution in [0.15, 0.2) is 17.2 Å². The van der Waals surface area contributed by atoms with E-state index in [4.69, 9.17) is 5.73 Å². The highest BCUT2D eigenvalue weighted by Gasteiger charge is 2.29. The van der Waals surface area contributed by atoms with Gasteiger partial charge >= 0.3 is 0 Å². The van der Waals surface area contributed by atoms with Gasteiger partial charge in [0.25, 0.3) is 0 Å². The van der Waals surface area contributed by atoms with Gasteiger partial charge in [-0.1, -0.05) is 25.7 Å². The monoisotopic (exact) mass is 299 g/mol. The van der Waals surface area contributed by atoms with Crippen molar-refractivity contribution in [2.24, 2.45) is 12.8 Å². The molecule has 0 amide bonds. The van der Waals surface area contributed by atoms with Crippen LogP contribution in [0.3, 0.4) is 0 Å². The molecule has 114 valence electrons. The summed E-state index contributed by atoms with van der Waals surface area (Å²) in [6.07, 6.45) is 8.25. The van der Waals surface area contributed by atoms with Crippen molar-refractivity contribution in [2.45, 2.75) is 56.0 Å². The van der Waals surface area contributed by atoms with Gasteiger partial charge in [0.15, 0.2) is 0 Å². The van der Waals surface area contributed by atoms with Gasteiger partial charge in [-0.15, -0.1) is 0 Å². The van der Waals surface area contributed by atoms with E-state index in [-0.39, 0.29) is 6.04 Å². The Morgan fingerprint density at radius 1 is 1.30 bits per heavy atom. The van der Waals surface area contributed by atoms with E-state index in [0.717, 1.165) is 31.4 Å². The van der Waals surface area contributed by atoms with Crippen LogP contribution in [0.1, 0.15) is 44.2 Å². The van der Waals surface area contributed by atoms with Gasteiger partial charge in [0.1, 0.15) is 4.90 Å². The van der Waals surface area contributed by atoms with E-state index >= 15 is 0 Å². The lowest BCUT2D eigenvalue weighted by atomic mass is 10.1. The molecule has 1 heterocycles. The molecule has 2 N–H and O–H groups in total. The molecule has 6 heteroatoms. The van der Waals surface area contributed by atoms with Crippen LogP contribution in [-0.2, 0) is 23.6 Å². The molecule has 1 aromatic heterocycles. The molecule has 0 spiro atoms. The first-order valence-electron chi connectivity index (χ1n) is 7.30. The zero-order chi connectivity index (χ0) is 14.8. The van der Waals surface area contributed by atoms with Crippen molar-refractivity contribution in [1.29, 1.82) is 0 Å². The Morgan fingerprint density at radius 2 is 1.90 bits per heavy atom. The fourth-order valence-corrected chi connectivity index (χ4v) is 4.42. The minimum absolute atomic E-state index is 0.129. The molecule has 2 rings (SSSR count). The normalized spacial score (nSPS) is 18.4. The van der Waals surface area contributed by atoms with Gasteiger partial charge in [0, 0.05) is 38.6 Å². The summed E-state index contributed by atoms with van der Waals surface area (Å²) in [5.74, 6) is 0. The maximum atomic E-state index is 12.7. The Morgan fingerprint density at radius 3 is 2.40 bits per heavy atom. The molecule has 1 fully saturated rings. The Bertz CT molecular complexity index is 543. The molecule has 1 aromatic rings. The Hall–Kier alpha value is -0.850. The third-order valence-corrected chi connectivity index (χ3v) is 6.18. The number of hydrogen-bond acceptors (Lipinski definition) is 3. The van der Waals surface area contributed by atoms with E-state index in [1.165, 1.54) is 12.8 Å². The van der Waals surface area contributed by atoms with Crippen LogP contribution in [0.2, 0.25) is 0 Å². The lowest BCUT2D eigenvalue weighted by Crippen LogP contribution is -2.36. The number of aryl methyl sites for hydroxylation is 1. The maximum absolute atomic E-state index is 12.7. The molecule has 1 saturated carbocycles. The summed E-state index contributed by atoms with van der Waals surface area (Å²) in [5, 5.41) is 0. The Labute approximate surface area is 121 Å². The molecule has 5 nitrogen and oxygen atoms in total. The van der Waals surface area contributed by atoms with E-state index in [0.29, 0.717) is 11.4 Å². The topological polar surface area (TPSA) is 68.3 Å². The van der Waals surface area contributed by atoms with E-state index in [2.05, 4.69) is 0 Å². The molecule has 1 aliphatic carbocycles. The van der Waals surface area contributed by atoms with Gasteiger partial charge in [-0.25, -0.2) is 8.42 Å². The highest BCUT2D eigenvalue weighted by Crippen LogP contribution is 2.26. The maximum Gasteiger partial charge on any atom is 0.244 e. The minimum Gasteiger partial charge on any atom is -0.352 e. The third-order valence-electron chi connectivity index (χ3n) is 4.31. The average molecular weight is 299 g/mol. The zero-order valence-electron chi connectivity index (χ0n) is 12.4. The number of nitrogens with two attached hydrogens (primary N) is 1. The number of nitrogens with zero attached hydrogens (tertiary/aromatic N) is 2. The van der Waals surface area contributed by atoms with Crippen LogP contribution in [0.5, 0.6) is 0 Å². The first kappa shape index (κ1) is 15.5. The molecule has 0 atom stereocenters. The molecule has 0 aromatic carbocycles. The number of hydrogen-bond donors (Lipinski definition) is 1. The standard InChI is InChI=1S/C14H25N3O2S/c1-16-11-14(9-13(16)10-15)20(18,19)17(2)12-7-5-3-4-6-8-12/h9,11-12H,3-8,10,15H2,1-2H3. The van der Waals surface area contributed by atoms with Crippen LogP contribution < -0.4 is 5.73 Å². The highest BCUT2D eigenvalue weighted by atomic mass is 32.2. The predicted molar refractivity (Wildman–Crippen MR) is 79.7 cm³/mol. The number of aromatic nitrogens is 1. The van der Waals surface area contributed by atoms with Crippen LogP contribution in [0.25, 0.3) is 0 Å². The van der Waals surface area contributed by atoms with Crippen LogP contribution in [0, 0.1) is 0 Å². The van der Waals surface area contributed by atoms with Gasteiger partial charge in [-0.3, -0.25) is 0 Å². The summed E-state index contributed by atoms with van der Waals surface area (Å²) in [7, 11) is 0.125. The SMILES string of the molecule is CN(C1CCCCCC1)S(=O)(=O)c1cc(CN)n(C)c1. The van der Waals surface area contributed by atoms with Crippen molar-refractivity contribution in [1.82, 2.24) is 8.87 Å². The van der Waals surface area contributed by atoms with Crippen LogP contribution in [-0.4, -0.2) is 30.4 Å². The molecule has 20 heavy (non-hydrogen) atoms. The summed E-state index contributed by atoms with van der Waals surface area (Å²) in [4.78, 5) is 0.354. The van der Waals surface area contributed by atoms with Gasteiger partial charge in [0.2, 0.25) is 10.0 Å². The van der Waals surface area contributed by atoms with Crippen molar-refractivity contribution in [3.05, 3.63) is 18.0 Å². The lowest BCUT2D eigenvalue weighted by Gasteiger charge is -2.25. The second-order valence-electron chi connectivity index (χ2n) is 5.65. The molecular weight excluding hydrogens is 274 g/mol.